The average Bonchev–Trinajstić information content (AvgIpc) is 2.85. The Labute approximate surface area is 73.9 Å². The normalized spacial score (nSPS) is 18.9. The van der Waals surface area contributed by atoms with Crippen molar-refractivity contribution in [3.05, 3.63) is 0 Å². The molecular weight excluding hydrogens is 152 g/mol. The molecule has 0 heterocycles. The Balaban J connectivity index is 2.28. The molecule has 0 spiro atoms. The Hall–Kier alpha value is -0.570. The first-order valence-corrected chi connectivity index (χ1v) is 4.61. The summed E-state index contributed by atoms with van der Waals surface area (Å²) in [5.74, 6) is 0.917. The number of carbonyl (C=O) groups excluding carboxylic acids is 1. The molecule has 0 radical (unpaired) electrons. The zero-order chi connectivity index (χ0) is 9.14. The van der Waals surface area contributed by atoms with Crippen LogP contribution >= 0.6 is 0 Å². The predicted molar refractivity (Wildman–Crippen MR) is 48.6 cm³/mol. The number of nitrogens with zero attached hydrogens (tertiary/aromatic N) is 1. The van der Waals surface area contributed by atoms with Crippen molar-refractivity contribution < 1.29 is 4.79 Å². The molecule has 0 aromatic heterocycles. The standard InChI is InChI=1S/C9H18N2O/c1-7(6-10)11(2)9(12)5-8-3-4-8/h7-8H,3-6,10H2,1-2H3. The van der Waals surface area contributed by atoms with Crippen LogP contribution in [-0.4, -0.2) is 30.4 Å². The third-order valence-corrected chi connectivity index (χ3v) is 2.56. The van der Waals surface area contributed by atoms with E-state index in [4.69, 9.17) is 5.73 Å². The summed E-state index contributed by atoms with van der Waals surface area (Å²) in [6, 6.07) is 0.177. The minimum atomic E-state index is 0.177. The SMILES string of the molecule is CC(CN)N(C)C(=O)CC1CC1. The van der Waals surface area contributed by atoms with Gasteiger partial charge in [-0.05, 0) is 25.7 Å². The summed E-state index contributed by atoms with van der Waals surface area (Å²) < 4.78 is 0. The number of carbonyl (C=O) groups is 1. The van der Waals surface area contributed by atoms with E-state index in [1.807, 2.05) is 14.0 Å². The maximum Gasteiger partial charge on any atom is 0.222 e. The molecule has 70 valence electrons. The lowest BCUT2D eigenvalue weighted by molar-refractivity contribution is -0.131. The van der Waals surface area contributed by atoms with Crippen molar-refractivity contribution in [3.8, 4) is 0 Å². The number of hydrogen-bond acceptors (Lipinski definition) is 2. The van der Waals surface area contributed by atoms with Gasteiger partial charge in [0, 0.05) is 26.1 Å². The van der Waals surface area contributed by atoms with Crippen molar-refractivity contribution in [3.63, 3.8) is 0 Å². The van der Waals surface area contributed by atoms with Crippen LogP contribution < -0.4 is 5.73 Å². The molecule has 0 aromatic rings. The maximum atomic E-state index is 11.5. The number of hydrogen-bond donors (Lipinski definition) is 1. The molecule has 1 aliphatic rings. The maximum absolute atomic E-state index is 11.5. The van der Waals surface area contributed by atoms with E-state index in [1.165, 1.54) is 12.8 Å². The van der Waals surface area contributed by atoms with Gasteiger partial charge in [-0.3, -0.25) is 4.79 Å². The van der Waals surface area contributed by atoms with Crippen LogP contribution in [-0.2, 0) is 4.79 Å². The Kier molecular flexibility index (Phi) is 3.09. The summed E-state index contributed by atoms with van der Waals surface area (Å²) >= 11 is 0. The Morgan fingerprint density at radius 3 is 2.67 bits per heavy atom. The molecule has 1 unspecified atom stereocenters. The Bertz CT molecular complexity index is 166. The summed E-state index contributed by atoms with van der Waals surface area (Å²) in [6.45, 7) is 2.53. The minimum Gasteiger partial charge on any atom is -0.342 e. The van der Waals surface area contributed by atoms with Crippen molar-refractivity contribution in [2.75, 3.05) is 13.6 Å². The van der Waals surface area contributed by atoms with Gasteiger partial charge in [-0.15, -0.1) is 0 Å². The Morgan fingerprint density at radius 2 is 2.25 bits per heavy atom. The molecule has 12 heavy (non-hydrogen) atoms. The second kappa shape index (κ2) is 3.90. The lowest BCUT2D eigenvalue weighted by Crippen LogP contribution is -2.39. The van der Waals surface area contributed by atoms with Crippen LogP contribution in [0.1, 0.15) is 26.2 Å². The number of nitrogens with two attached hydrogens (primary N) is 1. The van der Waals surface area contributed by atoms with Gasteiger partial charge in [0.1, 0.15) is 0 Å². The van der Waals surface area contributed by atoms with Gasteiger partial charge in [-0.25, -0.2) is 0 Å². The van der Waals surface area contributed by atoms with E-state index in [0.29, 0.717) is 12.5 Å². The molecule has 0 saturated heterocycles. The van der Waals surface area contributed by atoms with Gasteiger partial charge >= 0.3 is 0 Å². The van der Waals surface area contributed by atoms with Crippen molar-refractivity contribution in [1.29, 1.82) is 0 Å². The quantitative estimate of drug-likeness (QED) is 0.671. The fraction of sp³-hybridized carbons (Fsp3) is 0.889. The number of likely N-dealkylation sites (N-methyl/N-ethyl adjacent to an activating group) is 1. The summed E-state index contributed by atoms with van der Waals surface area (Å²) in [6.07, 6.45) is 3.19. The third kappa shape index (κ3) is 2.48. The summed E-state index contributed by atoms with van der Waals surface area (Å²) in [4.78, 5) is 13.2. The summed E-state index contributed by atoms with van der Waals surface area (Å²) in [5, 5.41) is 0. The van der Waals surface area contributed by atoms with Gasteiger partial charge in [0.2, 0.25) is 5.91 Å². The van der Waals surface area contributed by atoms with Crippen molar-refractivity contribution in [2.45, 2.75) is 32.2 Å². The molecule has 1 fully saturated rings. The zero-order valence-electron chi connectivity index (χ0n) is 7.92. The van der Waals surface area contributed by atoms with E-state index in [-0.39, 0.29) is 11.9 Å². The molecule has 1 saturated carbocycles. The molecule has 3 nitrogen and oxygen atoms in total. The molecule has 0 aromatic carbocycles. The largest absolute Gasteiger partial charge is 0.342 e. The van der Waals surface area contributed by atoms with E-state index in [2.05, 4.69) is 0 Å². The third-order valence-electron chi connectivity index (χ3n) is 2.56. The molecule has 0 aliphatic heterocycles. The monoisotopic (exact) mass is 170 g/mol. The number of rotatable bonds is 4. The lowest BCUT2D eigenvalue weighted by atomic mass is 10.2. The van der Waals surface area contributed by atoms with Crippen LogP contribution in [0.2, 0.25) is 0 Å². The molecular formula is C9H18N2O. The van der Waals surface area contributed by atoms with Crippen LogP contribution in [0.25, 0.3) is 0 Å². The van der Waals surface area contributed by atoms with Crippen molar-refractivity contribution in [1.82, 2.24) is 4.90 Å². The fourth-order valence-corrected chi connectivity index (χ4v) is 1.12. The fourth-order valence-electron chi connectivity index (χ4n) is 1.12. The van der Waals surface area contributed by atoms with E-state index in [0.717, 1.165) is 6.42 Å². The predicted octanol–water partition coefficient (Wildman–Crippen LogP) is 0.592. The van der Waals surface area contributed by atoms with Gasteiger partial charge in [-0.1, -0.05) is 0 Å². The van der Waals surface area contributed by atoms with Gasteiger partial charge in [0.05, 0.1) is 0 Å². The summed E-state index contributed by atoms with van der Waals surface area (Å²) in [5.41, 5.74) is 5.46. The highest BCUT2D eigenvalue weighted by atomic mass is 16.2. The van der Waals surface area contributed by atoms with E-state index in [9.17, 15) is 4.79 Å². The second-order valence-electron chi connectivity index (χ2n) is 3.74. The first-order valence-electron chi connectivity index (χ1n) is 4.61. The van der Waals surface area contributed by atoms with E-state index >= 15 is 0 Å². The van der Waals surface area contributed by atoms with E-state index in [1.54, 1.807) is 4.90 Å². The zero-order valence-corrected chi connectivity index (χ0v) is 7.92. The molecule has 1 rings (SSSR count). The van der Waals surface area contributed by atoms with Gasteiger partial charge in [0.15, 0.2) is 0 Å². The molecule has 1 amide bonds. The lowest BCUT2D eigenvalue weighted by Gasteiger charge is -2.23. The first-order chi connectivity index (χ1) is 5.65. The van der Waals surface area contributed by atoms with E-state index < -0.39 is 0 Å². The molecule has 0 bridgehead atoms. The smallest absolute Gasteiger partial charge is 0.222 e. The van der Waals surface area contributed by atoms with Gasteiger partial charge in [-0.2, -0.15) is 0 Å². The van der Waals surface area contributed by atoms with Crippen LogP contribution in [0, 0.1) is 5.92 Å². The molecule has 1 aliphatic carbocycles. The molecule has 2 N–H and O–H groups in total. The molecule has 1 atom stereocenters. The first kappa shape index (κ1) is 9.52. The number of amides is 1. The highest BCUT2D eigenvalue weighted by molar-refractivity contribution is 5.76. The van der Waals surface area contributed by atoms with Crippen LogP contribution in [0.15, 0.2) is 0 Å². The van der Waals surface area contributed by atoms with Crippen LogP contribution in [0.3, 0.4) is 0 Å². The summed E-state index contributed by atoms with van der Waals surface area (Å²) in [7, 11) is 1.84. The van der Waals surface area contributed by atoms with Gasteiger partial charge < -0.3 is 10.6 Å². The molecule has 3 heteroatoms. The van der Waals surface area contributed by atoms with Crippen LogP contribution in [0.5, 0.6) is 0 Å². The topological polar surface area (TPSA) is 46.3 Å². The highest BCUT2D eigenvalue weighted by Gasteiger charge is 2.26. The van der Waals surface area contributed by atoms with Crippen LogP contribution in [0.4, 0.5) is 0 Å². The highest BCUT2D eigenvalue weighted by Crippen LogP contribution is 2.32. The minimum absolute atomic E-state index is 0.177. The van der Waals surface area contributed by atoms with Crippen molar-refractivity contribution >= 4 is 5.91 Å². The average molecular weight is 170 g/mol. The van der Waals surface area contributed by atoms with Gasteiger partial charge in [0.25, 0.3) is 0 Å². The Morgan fingerprint density at radius 1 is 1.67 bits per heavy atom. The van der Waals surface area contributed by atoms with Crippen molar-refractivity contribution in [2.24, 2.45) is 11.7 Å². The second-order valence-corrected chi connectivity index (χ2v) is 3.74.